The number of hydrogen-bond donors (Lipinski definition) is 1. The minimum Gasteiger partial charge on any atom is -0.312 e. The van der Waals surface area contributed by atoms with Crippen LogP contribution in [0.5, 0.6) is 0 Å². The second kappa shape index (κ2) is 7.03. The lowest BCUT2D eigenvalue weighted by Crippen LogP contribution is -2.19. The van der Waals surface area contributed by atoms with Crippen LogP contribution in [0.3, 0.4) is 0 Å². The summed E-state index contributed by atoms with van der Waals surface area (Å²) in [5, 5.41) is 4.61. The first kappa shape index (κ1) is 16.7. The summed E-state index contributed by atoms with van der Waals surface area (Å²) in [6.07, 6.45) is 1.15. The third-order valence-electron chi connectivity index (χ3n) is 3.19. The molecule has 0 saturated carbocycles. The molecule has 4 heteroatoms. The number of hydrogen-bond acceptors (Lipinski definition) is 3. The van der Waals surface area contributed by atoms with Crippen LogP contribution in [0, 0.1) is 0 Å². The van der Waals surface area contributed by atoms with Gasteiger partial charge in [0.1, 0.15) is 5.01 Å². The van der Waals surface area contributed by atoms with Crippen molar-refractivity contribution >= 4 is 27.3 Å². The van der Waals surface area contributed by atoms with Crippen molar-refractivity contribution in [2.75, 3.05) is 6.54 Å². The zero-order valence-electron chi connectivity index (χ0n) is 13.2. The fourth-order valence-corrected chi connectivity index (χ4v) is 3.82. The lowest BCUT2D eigenvalue weighted by molar-refractivity contribution is 0.559. The Bertz CT molecular complexity index is 599. The SMILES string of the molecule is CCCNCc1sc(-c2cccc(Br)c2)nc1C(C)(C)C. The van der Waals surface area contributed by atoms with Gasteiger partial charge in [-0.3, -0.25) is 0 Å². The van der Waals surface area contributed by atoms with Crippen LogP contribution in [0.15, 0.2) is 28.7 Å². The first-order chi connectivity index (χ1) is 9.91. The molecule has 2 rings (SSSR count). The summed E-state index contributed by atoms with van der Waals surface area (Å²) in [5.74, 6) is 0. The molecule has 2 nitrogen and oxygen atoms in total. The molecule has 0 spiro atoms. The molecule has 0 aliphatic heterocycles. The number of rotatable bonds is 5. The Labute approximate surface area is 140 Å². The fourth-order valence-electron chi connectivity index (χ4n) is 2.18. The number of benzene rings is 1. The smallest absolute Gasteiger partial charge is 0.123 e. The van der Waals surface area contributed by atoms with Gasteiger partial charge in [0.25, 0.3) is 0 Å². The number of aromatic nitrogens is 1. The van der Waals surface area contributed by atoms with Crippen LogP contribution >= 0.6 is 27.3 Å². The van der Waals surface area contributed by atoms with E-state index in [1.54, 1.807) is 11.3 Å². The first-order valence-corrected chi connectivity index (χ1v) is 8.99. The largest absolute Gasteiger partial charge is 0.312 e. The van der Waals surface area contributed by atoms with Crippen LogP contribution in [0.2, 0.25) is 0 Å². The highest BCUT2D eigenvalue weighted by Gasteiger charge is 2.23. The van der Waals surface area contributed by atoms with Crippen molar-refractivity contribution in [2.45, 2.75) is 46.1 Å². The molecule has 0 radical (unpaired) electrons. The van der Waals surface area contributed by atoms with Gasteiger partial charge >= 0.3 is 0 Å². The molecule has 114 valence electrons. The molecule has 0 atom stereocenters. The molecule has 1 aromatic carbocycles. The van der Waals surface area contributed by atoms with Crippen molar-refractivity contribution in [3.8, 4) is 10.6 Å². The summed E-state index contributed by atoms with van der Waals surface area (Å²) in [7, 11) is 0. The molecule has 0 aliphatic rings. The predicted molar refractivity (Wildman–Crippen MR) is 95.9 cm³/mol. The normalized spacial score (nSPS) is 11.9. The van der Waals surface area contributed by atoms with E-state index in [4.69, 9.17) is 4.98 Å². The Hall–Kier alpha value is -0.710. The maximum atomic E-state index is 4.93. The second-order valence-electron chi connectivity index (χ2n) is 6.23. The zero-order chi connectivity index (χ0) is 15.5. The average molecular weight is 367 g/mol. The van der Waals surface area contributed by atoms with Gasteiger partial charge in [0.2, 0.25) is 0 Å². The van der Waals surface area contributed by atoms with Gasteiger partial charge in [-0.25, -0.2) is 4.98 Å². The second-order valence-corrected chi connectivity index (χ2v) is 8.23. The van der Waals surface area contributed by atoms with Crippen molar-refractivity contribution < 1.29 is 0 Å². The Kier molecular flexibility index (Phi) is 5.58. The zero-order valence-corrected chi connectivity index (χ0v) is 15.6. The Morgan fingerprint density at radius 2 is 2.05 bits per heavy atom. The van der Waals surface area contributed by atoms with Crippen molar-refractivity contribution in [3.05, 3.63) is 39.3 Å². The van der Waals surface area contributed by atoms with Crippen molar-refractivity contribution in [1.29, 1.82) is 0 Å². The van der Waals surface area contributed by atoms with Gasteiger partial charge in [-0.05, 0) is 25.1 Å². The highest BCUT2D eigenvalue weighted by atomic mass is 79.9. The maximum absolute atomic E-state index is 4.93. The van der Waals surface area contributed by atoms with Crippen molar-refractivity contribution in [2.24, 2.45) is 0 Å². The minimum absolute atomic E-state index is 0.0734. The Balaban J connectivity index is 2.36. The minimum atomic E-state index is 0.0734. The fraction of sp³-hybridized carbons (Fsp3) is 0.471. The number of nitrogens with one attached hydrogen (secondary N) is 1. The summed E-state index contributed by atoms with van der Waals surface area (Å²) < 4.78 is 1.10. The molecule has 0 amide bonds. The molecule has 1 aromatic heterocycles. The third-order valence-corrected chi connectivity index (χ3v) is 4.79. The maximum Gasteiger partial charge on any atom is 0.123 e. The van der Waals surface area contributed by atoms with Gasteiger partial charge in [-0.1, -0.05) is 55.8 Å². The molecule has 21 heavy (non-hydrogen) atoms. The molecule has 0 aliphatic carbocycles. The van der Waals surface area contributed by atoms with E-state index < -0.39 is 0 Å². The van der Waals surface area contributed by atoms with Gasteiger partial charge in [0.15, 0.2) is 0 Å². The van der Waals surface area contributed by atoms with E-state index in [-0.39, 0.29) is 5.41 Å². The molecular weight excluding hydrogens is 344 g/mol. The molecule has 0 unspecified atom stereocenters. The number of thiazole rings is 1. The average Bonchev–Trinajstić information content (AvgIpc) is 2.83. The first-order valence-electron chi connectivity index (χ1n) is 7.38. The van der Waals surface area contributed by atoms with Crippen LogP contribution in [-0.4, -0.2) is 11.5 Å². The molecule has 0 saturated heterocycles. The molecule has 0 bridgehead atoms. The van der Waals surface area contributed by atoms with E-state index >= 15 is 0 Å². The molecule has 1 heterocycles. The Morgan fingerprint density at radius 3 is 2.67 bits per heavy atom. The predicted octanol–water partition coefficient (Wildman–Crippen LogP) is 5.37. The molecule has 2 aromatic rings. The van der Waals surface area contributed by atoms with E-state index in [9.17, 15) is 0 Å². The van der Waals surface area contributed by atoms with Crippen LogP contribution in [0.1, 0.15) is 44.7 Å². The molecule has 0 fully saturated rings. The standard InChI is InChI=1S/C17H23BrN2S/c1-5-9-19-11-14-15(17(2,3)4)20-16(21-14)12-7-6-8-13(18)10-12/h6-8,10,19H,5,9,11H2,1-4H3. The van der Waals surface area contributed by atoms with Crippen LogP contribution in [-0.2, 0) is 12.0 Å². The van der Waals surface area contributed by atoms with Gasteiger partial charge in [0, 0.05) is 26.9 Å². The van der Waals surface area contributed by atoms with E-state index in [1.165, 1.54) is 16.1 Å². The van der Waals surface area contributed by atoms with Crippen molar-refractivity contribution in [1.82, 2.24) is 10.3 Å². The molecular formula is C17H23BrN2S. The lowest BCUT2D eigenvalue weighted by Gasteiger charge is -2.17. The van der Waals surface area contributed by atoms with Gasteiger partial charge in [-0.15, -0.1) is 11.3 Å². The lowest BCUT2D eigenvalue weighted by atomic mass is 9.91. The summed E-state index contributed by atoms with van der Waals surface area (Å²) in [5.41, 5.74) is 2.47. The highest BCUT2D eigenvalue weighted by molar-refractivity contribution is 9.10. The topological polar surface area (TPSA) is 24.9 Å². The summed E-state index contributed by atoms with van der Waals surface area (Å²) in [4.78, 5) is 6.28. The van der Waals surface area contributed by atoms with E-state index in [2.05, 4.69) is 67.1 Å². The van der Waals surface area contributed by atoms with Crippen LogP contribution in [0.4, 0.5) is 0 Å². The summed E-state index contributed by atoms with van der Waals surface area (Å²) in [6, 6.07) is 8.37. The quantitative estimate of drug-likeness (QED) is 0.719. The van der Waals surface area contributed by atoms with E-state index in [0.29, 0.717) is 0 Å². The van der Waals surface area contributed by atoms with Gasteiger partial charge < -0.3 is 5.32 Å². The highest BCUT2D eigenvalue weighted by Crippen LogP contribution is 2.35. The Morgan fingerprint density at radius 1 is 1.29 bits per heavy atom. The van der Waals surface area contributed by atoms with E-state index in [1.807, 2.05) is 6.07 Å². The number of halogens is 1. The summed E-state index contributed by atoms with van der Waals surface area (Å²) in [6.45, 7) is 10.8. The van der Waals surface area contributed by atoms with Crippen LogP contribution < -0.4 is 5.32 Å². The number of nitrogens with zero attached hydrogens (tertiary/aromatic N) is 1. The van der Waals surface area contributed by atoms with Crippen LogP contribution in [0.25, 0.3) is 10.6 Å². The molecule has 1 N–H and O–H groups in total. The van der Waals surface area contributed by atoms with E-state index in [0.717, 1.165) is 29.0 Å². The van der Waals surface area contributed by atoms with Gasteiger partial charge in [-0.2, -0.15) is 0 Å². The summed E-state index contributed by atoms with van der Waals surface area (Å²) >= 11 is 5.34. The van der Waals surface area contributed by atoms with Crippen molar-refractivity contribution in [3.63, 3.8) is 0 Å². The monoisotopic (exact) mass is 366 g/mol. The third kappa shape index (κ3) is 4.38. The van der Waals surface area contributed by atoms with Gasteiger partial charge in [0.05, 0.1) is 5.69 Å².